The largest absolute Gasteiger partial charge is 0.380 e. The minimum absolute atomic E-state index is 0. The van der Waals surface area contributed by atoms with Gasteiger partial charge in [-0.1, -0.05) is 30.3 Å². The molecule has 1 aromatic carbocycles. The summed E-state index contributed by atoms with van der Waals surface area (Å²) in [5, 5.41) is 2.67. The fourth-order valence-corrected chi connectivity index (χ4v) is 5.63. The van der Waals surface area contributed by atoms with Crippen molar-refractivity contribution in [3.05, 3.63) is 47.0 Å². The number of aromatic nitrogens is 1. The zero-order valence-corrected chi connectivity index (χ0v) is 20.2. The third-order valence-corrected chi connectivity index (χ3v) is 7.44. The molecule has 1 saturated carbocycles. The SMILES string of the molecule is CO[C@@H]1C[C@@H](C(=O)N2CCC(c3ccccc3)(c3csc(N)n3)CC2)CC[C@H]1N.Cl.Cl. The minimum atomic E-state index is -0.184. The van der Waals surface area contributed by atoms with Crippen molar-refractivity contribution in [3.63, 3.8) is 0 Å². The van der Waals surface area contributed by atoms with Gasteiger partial charge in [-0.2, -0.15) is 0 Å². The van der Waals surface area contributed by atoms with Crippen molar-refractivity contribution < 1.29 is 9.53 Å². The Morgan fingerprint density at radius 3 is 2.45 bits per heavy atom. The van der Waals surface area contributed by atoms with Gasteiger partial charge >= 0.3 is 0 Å². The Bertz CT molecular complexity index is 843. The van der Waals surface area contributed by atoms with Gasteiger partial charge in [0.25, 0.3) is 0 Å². The summed E-state index contributed by atoms with van der Waals surface area (Å²) >= 11 is 1.48. The smallest absolute Gasteiger partial charge is 0.225 e. The fourth-order valence-electron chi connectivity index (χ4n) is 4.97. The first-order valence-electron chi connectivity index (χ1n) is 10.4. The van der Waals surface area contributed by atoms with Crippen molar-refractivity contribution >= 4 is 47.2 Å². The first-order chi connectivity index (χ1) is 14.0. The molecule has 3 atom stereocenters. The normalized spacial score (nSPS) is 25.2. The van der Waals surface area contributed by atoms with E-state index in [1.807, 2.05) is 11.0 Å². The lowest BCUT2D eigenvalue weighted by molar-refractivity contribution is -0.140. The van der Waals surface area contributed by atoms with E-state index >= 15 is 0 Å². The van der Waals surface area contributed by atoms with Crippen LogP contribution in [0.15, 0.2) is 35.7 Å². The number of ether oxygens (including phenoxy) is 1. The number of hydrogen-bond donors (Lipinski definition) is 2. The van der Waals surface area contributed by atoms with Crippen molar-refractivity contribution in [2.75, 3.05) is 25.9 Å². The van der Waals surface area contributed by atoms with Crippen molar-refractivity contribution in [1.82, 2.24) is 9.88 Å². The molecule has 2 heterocycles. The van der Waals surface area contributed by atoms with E-state index in [0.29, 0.717) is 5.13 Å². The molecule has 1 aliphatic heterocycles. The van der Waals surface area contributed by atoms with Crippen LogP contribution in [-0.2, 0) is 14.9 Å². The maximum atomic E-state index is 13.2. The number of nitrogen functional groups attached to an aromatic ring is 1. The van der Waals surface area contributed by atoms with Crippen LogP contribution in [-0.4, -0.2) is 48.1 Å². The monoisotopic (exact) mass is 486 g/mol. The number of amides is 1. The van der Waals surface area contributed by atoms with Crippen LogP contribution >= 0.6 is 36.2 Å². The van der Waals surface area contributed by atoms with Crippen LogP contribution in [0.25, 0.3) is 0 Å². The number of anilines is 1. The third-order valence-electron chi connectivity index (χ3n) is 6.76. The summed E-state index contributed by atoms with van der Waals surface area (Å²) in [5.74, 6) is 0.261. The molecule has 4 N–H and O–H groups in total. The second-order valence-corrected chi connectivity index (χ2v) is 9.18. The molecule has 0 unspecified atom stereocenters. The molecule has 1 saturated heterocycles. The molecule has 9 heteroatoms. The molecule has 0 bridgehead atoms. The highest BCUT2D eigenvalue weighted by molar-refractivity contribution is 7.13. The van der Waals surface area contributed by atoms with Gasteiger partial charge in [0.1, 0.15) is 0 Å². The van der Waals surface area contributed by atoms with Gasteiger partial charge in [-0.05, 0) is 37.7 Å². The van der Waals surface area contributed by atoms with Gasteiger partial charge in [0, 0.05) is 43.0 Å². The summed E-state index contributed by atoms with van der Waals surface area (Å²) < 4.78 is 5.51. The lowest BCUT2D eigenvalue weighted by Gasteiger charge is -2.43. The molecular weight excluding hydrogens is 455 g/mol. The van der Waals surface area contributed by atoms with E-state index in [1.165, 1.54) is 16.9 Å². The van der Waals surface area contributed by atoms with Crippen molar-refractivity contribution in [3.8, 4) is 0 Å². The molecule has 1 amide bonds. The minimum Gasteiger partial charge on any atom is -0.380 e. The number of methoxy groups -OCH3 is 1. The molecule has 2 fully saturated rings. The Kier molecular flexibility index (Phi) is 9.15. The summed E-state index contributed by atoms with van der Waals surface area (Å²) in [5.41, 5.74) is 14.2. The zero-order chi connectivity index (χ0) is 20.4. The van der Waals surface area contributed by atoms with E-state index in [4.69, 9.17) is 16.2 Å². The van der Waals surface area contributed by atoms with Crippen LogP contribution in [0, 0.1) is 5.92 Å². The highest BCUT2D eigenvalue weighted by atomic mass is 35.5. The summed E-state index contributed by atoms with van der Waals surface area (Å²) in [6, 6.07) is 10.5. The van der Waals surface area contributed by atoms with Crippen LogP contribution in [0.2, 0.25) is 0 Å². The number of rotatable bonds is 4. The highest BCUT2D eigenvalue weighted by Gasteiger charge is 2.42. The number of likely N-dealkylation sites (tertiary alicyclic amines) is 1. The van der Waals surface area contributed by atoms with Crippen LogP contribution in [0.5, 0.6) is 0 Å². The van der Waals surface area contributed by atoms with E-state index in [0.717, 1.165) is 50.9 Å². The summed E-state index contributed by atoms with van der Waals surface area (Å²) in [4.78, 5) is 19.9. The van der Waals surface area contributed by atoms with E-state index in [-0.39, 0.29) is 54.2 Å². The van der Waals surface area contributed by atoms with Gasteiger partial charge in [-0.15, -0.1) is 36.2 Å². The Hall–Kier alpha value is -1.38. The van der Waals surface area contributed by atoms with Gasteiger partial charge in [0.15, 0.2) is 5.13 Å². The van der Waals surface area contributed by atoms with Crippen LogP contribution in [0.1, 0.15) is 43.4 Å². The maximum absolute atomic E-state index is 13.2. The van der Waals surface area contributed by atoms with Gasteiger partial charge < -0.3 is 21.1 Å². The number of thiazole rings is 1. The predicted molar refractivity (Wildman–Crippen MR) is 130 cm³/mol. The molecule has 172 valence electrons. The van der Waals surface area contributed by atoms with Gasteiger partial charge in [-0.25, -0.2) is 4.98 Å². The topological polar surface area (TPSA) is 94.5 Å². The summed E-state index contributed by atoms with van der Waals surface area (Å²) in [7, 11) is 1.69. The zero-order valence-electron chi connectivity index (χ0n) is 17.7. The molecule has 1 aliphatic carbocycles. The van der Waals surface area contributed by atoms with Crippen molar-refractivity contribution in [2.45, 2.75) is 49.7 Å². The van der Waals surface area contributed by atoms with Gasteiger partial charge in [0.05, 0.1) is 11.8 Å². The number of hydrogen-bond acceptors (Lipinski definition) is 6. The second kappa shape index (κ2) is 11.0. The van der Waals surface area contributed by atoms with Crippen LogP contribution in [0.3, 0.4) is 0 Å². The van der Waals surface area contributed by atoms with Crippen LogP contribution < -0.4 is 11.5 Å². The maximum Gasteiger partial charge on any atom is 0.225 e. The lowest BCUT2D eigenvalue weighted by Crippen LogP contribution is -2.50. The Morgan fingerprint density at radius 1 is 1.19 bits per heavy atom. The van der Waals surface area contributed by atoms with E-state index in [9.17, 15) is 4.79 Å². The molecule has 31 heavy (non-hydrogen) atoms. The molecule has 4 rings (SSSR count). The first-order valence-corrected chi connectivity index (χ1v) is 11.3. The number of halogens is 2. The first kappa shape index (κ1) is 25.9. The van der Waals surface area contributed by atoms with E-state index in [2.05, 4.69) is 34.6 Å². The number of carbonyl (C=O) groups excluding carboxylic acids is 1. The summed E-state index contributed by atoms with van der Waals surface area (Å²) in [6.45, 7) is 1.46. The molecular formula is C22H32Cl2N4O2S. The summed E-state index contributed by atoms with van der Waals surface area (Å²) in [6.07, 6.45) is 4.10. The van der Waals surface area contributed by atoms with Crippen LogP contribution in [0.4, 0.5) is 5.13 Å². The molecule has 2 aliphatic rings. The Morgan fingerprint density at radius 2 is 1.87 bits per heavy atom. The third kappa shape index (κ3) is 5.17. The molecule has 0 radical (unpaired) electrons. The average molecular weight is 487 g/mol. The number of benzene rings is 1. The van der Waals surface area contributed by atoms with Gasteiger partial charge in [-0.3, -0.25) is 4.79 Å². The molecule has 1 aromatic heterocycles. The average Bonchev–Trinajstić information content (AvgIpc) is 3.21. The molecule has 6 nitrogen and oxygen atoms in total. The second-order valence-electron chi connectivity index (χ2n) is 8.29. The quantitative estimate of drug-likeness (QED) is 0.687. The number of carbonyl (C=O) groups is 1. The van der Waals surface area contributed by atoms with Crippen molar-refractivity contribution in [1.29, 1.82) is 0 Å². The Balaban J connectivity index is 0.00000171. The number of nitrogens with zero attached hydrogens (tertiary/aromatic N) is 2. The van der Waals surface area contributed by atoms with E-state index in [1.54, 1.807) is 7.11 Å². The highest BCUT2D eigenvalue weighted by Crippen LogP contribution is 2.43. The standard InChI is InChI=1S/C22H30N4O2S.2ClH/c1-28-18-13-15(7-8-17(18)23)20(27)26-11-9-22(10-12-26,16-5-3-2-4-6-16)19-14-29-21(24)25-19;;/h2-6,14-15,17-18H,7-13,23H2,1H3,(H2,24,25);2*1H/t15-,17+,18+;;/m0../s1. The Labute approximate surface area is 200 Å². The lowest BCUT2D eigenvalue weighted by atomic mass is 9.70. The number of nitrogens with two attached hydrogens (primary N) is 2. The van der Waals surface area contributed by atoms with E-state index < -0.39 is 0 Å². The van der Waals surface area contributed by atoms with Gasteiger partial charge in [0.2, 0.25) is 5.91 Å². The van der Waals surface area contributed by atoms with Crippen molar-refractivity contribution in [2.24, 2.45) is 11.7 Å². The predicted octanol–water partition coefficient (Wildman–Crippen LogP) is 3.62. The number of piperidine rings is 1. The molecule has 0 spiro atoms. The molecule has 2 aromatic rings. The fraction of sp³-hybridized carbons (Fsp3) is 0.545.